The SMILES string of the molecule is CCC(O)C12OOC(C(O)CC)(c3ccccc31)c1ccccc12. The number of hydrogen-bond donors (Lipinski definition) is 2. The summed E-state index contributed by atoms with van der Waals surface area (Å²) < 4.78 is 0. The van der Waals surface area contributed by atoms with Gasteiger partial charge in [0.05, 0.1) is 12.2 Å². The quantitative estimate of drug-likeness (QED) is 0.848. The van der Waals surface area contributed by atoms with Gasteiger partial charge in [0.1, 0.15) is 0 Å². The first-order valence-corrected chi connectivity index (χ1v) is 8.55. The minimum absolute atomic E-state index is 0.523. The fourth-order valence-electron chi connectivity index (χ4n) is 4.27. The molecule has 2 N–H and O–H groups in total. The van der Waals surface area contributed by atoms with E-state index < -0.39 is 23.4 Å². The van der Waals surface area contributed by atoms with Gasteiger partial charge >= 0.3 is 0 Å². The second-order valence-electron chi connectivity index (χ2n) is 6.58. The molecule has 4 nitrogen and oxygen atoms in total. The molecule has 2 heterocycles. The van der Waals surface area contributed by atoms with Crippen LogP contribution in [0.1, 0.15) is 48.9 Å². The Balaban J connectivity index is 2.11. The molecule has 4 heteroatoms. The molecule has 0 amide bonds. The van der Waals surface area contributed by atoms with Gasteiger partial charge in [-0.3, -0.25) is 0 Å². The molecular formula is C20H22O4. The minimum atomic E-state index is -1.06. The van der Waals surface area contributed by atoms with Crippen LogP contribution in [0.25, 0.3) is 0 Å². The Kier molecular flexibility index (Phi) is 3.55. The Morgan fingerprint density at radius 3 is 1.25 bits per heavy atom. The molecule has 2 unspecified atom stereocenters. The van der Waals surface area contributed by atoms with Gasteiger partial charge in [-0.25, -0.2) is 9.78 Å². The topological polar surface area (TPSA) is 58.9 Å². The van der Waals surface area contributed by atoms with Crippen molar-refractivity contribution in [2.24, 2.45) is 0 Å². The van der Waals surface area contributed by atoms with Gasteiger partial charge in [-0.1, -0.05) is 62.4 Å². The van der Waals surface area contributed by atoms with Crippen LogP contribution in [-0.2, 0) is 21.0 Å². The molecule has 2 atom stereocenters. The van der Waals surface area contributed by atoms with E-state index in [4.69, 9.17) is 9.78 Å². The van der Waals surface area contributed by atoms with Crippen LogP contribution in [0.5, 0.6) is 0 Å². The van der Waals surface area contributed by atoms with Crippen LogP contribution in [0.3, 0.4) is 0 Å². The molecule has 0 radical (unpaired) electrons. The number of hydrogen-bond acceptors (Lipinski definition) is 4. The Morgan fingerprint density at radius 2 is 1.00 bits per heavy atom. The van der Waals surface area contributed by atoms with Gasteiger partial charge in [0, 0.05) is 22.3 Å². The minimum Gasteiger partial charge on any atom is -0.389 e. The maximum atomic E-state index is 10.9. The Hall–Kier alpha value is -1.72. The van der Waals surface area contributed by atoms with Gasteiger partial charge in [0.25, 0.3) is 0 Å². The summed E-state index contributed by atoms with van der Waals surface area (Å²) in [5, 5.41) is 21.7. The lowest BCUT2D eigenvalue weighted by Crippen LogP contribution is -2.60. The fourth-order valence-corrected chi connectivity index (χ4v) is 4.27. The molecule has 2 aromatic rings. The smallest absolute Gasteiger partial charge is 0.180 e. The number of benzene rings is 2. The molecule has 5 rings (SSSR count). The summed E-state index contributed by atoms with van der Waals surface area (Å²) >= 11 is 0. The first-order valence-electron chi connectivity index (χ1n) is 8.55. The summed E-state index contributed by atoms with van der Waals surface area (Å²) in [7, 11) is 0. The number of fused-ring (bicyclic) bond motifs is 1. The molecule has 2 bridgehead atoms. The van der Waals surface area contributed by atoms with E-state index in [0.29, 0.717) is 12.8 Å². The van der Waals surface area contributed by atoms with Gasteiger partial charge in [0.2, 0.25) is 0 Å². The third-order valence-corrected chi connectivity index (χ3v) is 5.47. The summed E-state index contributed by atoms with van der Waals surface area (Å²) in [4.78, 5) is 11.8. The Morgan fingerprint density at radius 1 is 0.708 bits per heavy atom. The molecule has 126 valence electrons. The number of aliphatic hydroxyl groups excluding tert-OH is 2. The molecule has 0 fully saturated rings. The van der Waals surface area contributed by atoms with E-state index in [9.17, 15) is 10.2 Å². The monoisotopic (exact) mass is 326 g/mol. The molecular weight excluding hydrogens is 304 g/mol. The highest BCUT2D eigenvalue weighted by atomic mass is 17.2. The summed E-state index contributed by atoms with van der Waals surface area (Å²) in [6.45, 7) is 3.84. The molecule has 3 aliphatic rings. The maximum Gasteiger partial charge on any atom is 0.180 e. The van der Waals surface area contributed by atoms with Gasteiger partial charge in [-0.2, -0.15) is 0 Å². The van der Waals surface area contributed by atoms with Crippen LogP contribution in [0, 0.1) is 0 Å². The second-order valence-corrected chi connectivity index (χ2v) is 6.58. The van der Waals surface area contributed by atoms with Gasteiger partial charge in [-0.15, -0.1) is 0 Å². The van der Waals surface area contributed by atoms with Crippen molar-refractivity contribution < 1.29 is 20.0 Å². The van der Waals surface area contributed by atoms with Crippen molar-refractivity contribution in [3.8, 4) is 0 Å². The molecule has 0 spiro atoms. The number of aliphatic hydroxyl groups is 2. The molecule has 0 aromatic heterocycles. The molecule has 24 heavy (non-hydrogen) atoms. The lowest BCUT2D eigenvalue weighted by Gasteiger charge is -2.55. The van der Waals surface area contributed by atoms with Gasteiger partial charge < -0.3 is 10.2 Å². The highest BCUT2D eigenvalue weighted by Gasteiger charge is 2.63. The van der Waals surface area contributed by atoms with E-state index in [-0.39, 0.29) is 0 Å². The van der Waals surface area contributed by atoms with Crippen molar-refractivity contribution in [1.82, 2.24) is 0 Å². The van der Waals surface area contributed by atoms with E-state index in [2.05, 4.69) is 0 Å². The van der Waals surface area contributed by atoms with E-state index in [1.165, 1.54) is 0 Å². The lowest BCUT2D eigenvalue weighted by atomic mass is 9.62. The first-order chi connectivity index (χ1) is 11.6. The summed E-state index contributed by atoms with van der Waals surface area (Å²) in [6, 6.07) is 15.6. The molecule has 2 aromatic carbocycles. The van der Waals surface area contributed by atoms with E-state index >= 15 is 0 Å². The predicted octanol–water partition coefficient (Wildman–Crippen LogP) is 2.99. The van der Waals surface area contributed by atoms with E-state index in [1.807, 2.05) is 62.4 Å². The average Bonchev–Trinajstić information content (AvgIpc) is 2.67. The zero-order valence-electron chi connectivity index (χ0n) is 13.9. The largest absolute Gasteiger partial charge is 0.389 e. The molecule has 0 saturated carbocycles. The van der Waals surface area contributed by atoms with E-state index in [1.54, 1.807) is 0 Å². The van der Waals surface area contributed by atoms with Gasteiger partial charge in [0.15, 0.2) is 11.2 Å². The van der Waals surface area contributed by atoms with Crippen molar-refractivity contribution >= 4 is 0 Å². The van der Waals surface area contributed by atoms with Crippen molar-refractivity contribution in [3.63, 3.8) is 0 Å². The average molecular weight is 326 g/mol. The zero-order chi connectivity index (χ0) is 16.9. The summed E-state index contributed by atoms with van der Waals surface area (Å²) in [6.07, 6.45) is -0.459. The third kappa shape index (κ3) is 1.67. The van der Waals surface area contributed by atoms with Crippen molar-refractivity contribution in [2.75, 3.05) is 0 Å². The molecule has 2 aliphatic heterocycles. The van der Waals surface area contributed by atoms with Crippen LogP contribution in [0.15, 0.2) is 48.5 Å². The van der Waals surface area contributed by atoms with Crippen LogP contribution in [-0.4, -0.2) is 22.4 Å². The maximum absolute atomic E-state index is 10.9. The van der Waals surface area contributed by atoms with Crippen LogP contribution >= 0.6 is 0 Å². The van der Waals surface area contributed by atoms with E-state index in [0.717, 1.165) is 22.3 Å². The standard InChI is InChI=1S/C20H22O4/c1-3-17(21)19-13-9-5-7-11-15(13)20(24-23-19,18(22)4-2)16-12-8-6-10-14(16)19/h5-12,17-18,21-22H,3-4H2,1-2H3. The summed E-state index contributed by atoms with van der Waals surface area (Å²) in [5.41, 5.74) is 1.37. The second kappa shape index (κ2) is 5.39. The third-order valence-electron chi connectivity index (χ3n) is 5.47. The highest BCUT2D eigenvalue weighted by Crippen LogP contribution is 2.59. The number of rotatable bonds is 4. The van der Waals surface area contributed by atoms with Crippen molar-refractivity contribution in [3.05, 3.63) is 70.8 Å². The summed E-state index contributed by atoms with van der Waals surface area (Å²) in [5.74, 6) is 0. The Bertz CT molecular complexity index is 658. The first kappa shape index (κ1) is 15.8. The Labute approximate surface area is 141 Å². The molecule has 1 aliphatic carbocycles. The van der Waals surface area contributed by atoms with Crippen molar-refractivity contribution in [2.45, 2.75) is 50.1 Å². The van der Waals surface area contributed by atoms with Crippen LogP contribution in [0.4, 0.5) is 0 Å². The fraction of sp³-hybridized carbons (Fsp3) is 0.400. The van der Waals surface area contributed by atoms with Crippen molar-refractivity contribution in [1.29, 1.82) is 0 Å². The predicted molar refractivity (Wildman–Crippen MR) is 89.2 cm³/mol. The zero-order valence-corrected chi connectivity index (χ0v) is 13.9. The van der Waals surface area contributed by atoms with Crippen LogP contribution in [0.2, 0.25) is 0 Å². The highest BCUT2D eigenvalue weighted by molar-refractivity contribution is 5.59. The molecule has 0 saturated heterocycles. The lowest BCUT2D eigenvalue weighted by molar-refractivity contribution is -0.452. The van der Waals surface area contributed by atoms with Crippen LogP contribution < -0.4 is 0 Å². The van der Waals surface area contributed by atoms with Gasteiger partial charge in [-0.05, 0) is 12.8 Å². The normalized spacial score (nSPS) is 29.7.